The van der Waals surface area contributed by atoms with E-state index < -0.39 is 0 Å². The second-order valence-corrected chi connectivity index (χ2v) is 4.73. The molecule has 0 N–H and O–H groups in total. The Morgan fingerprint density at radius 2 is 2.29 bits per heavy atom. The lowest BCUT2D eigenvalue weighted by Gasteiger charge is -2.35. The van der Waals surface area contributed by atoms with Gasteiger partial charge in [0.05, 0.1) is 12.5 Å². The highest BCUT2D eigenvalue weighted by Crippen LogP contribution is 2.50. The third kappa shape index (κ3) is 1.37. The molecule has 3 aliphatic carbocycles. The van der Waals surface area contributed by atoms with Crippen LogP contribution in [0.1, 0.15) is 38.5 Å². The second kappa shape index (κ2) is 3.41. The van der Waals surface area contributed by atoms with Gasteiger partial charge in [-0.2, -0.15) is 0 Å². The zero-order chi connectivity index (χ0) is 10.2. The van der Waals surface area contributed by atoms with Gasteiger partial charge in [-0.15, -0.1) is 0 Å². The highest BCUT2D eigenvalue weighted by Gasteiger charge is 2.45. The van der Waals surface area contributed by atoms with E-state index in [4.69, 9.17) is 4.74 Å². The molecule has 0 aromatic carbocycles. The van der Waals surface area contributed by atoms with Crippen LogP contribution in [0.15, 0.2) is 12.2 Å². The fourth-order valence-electron chi connectivity index (χ4n) is 3.06. The maximum Gasteiger partial charge on any atom is 0.312 e. The molecule has 0 aromatic rings. The molecule has 3 rings (SSSR count). The molecule has 0 radical (unpaired) electrons. The average molecular weight is 194 g/mol. The summed E-state index contributed by atoms with van der Waals surface area (Å²) in [4.78, 5) is 11.8. The zero-order valence-electron chi connectivity index (χ0n) is 8.84. The van der Waals surface area contributed by atoms with Crippen LogP contribution in [-0.2, 0) is 9.53 Å². The number of hydrogen-bond acceptors (Lipinski definition) is 2. The smallest absolute Gasteiger partial charge is 0.312 e. The van der Waals surface area contributed by atoms with Crippen LogP contribution in [0.3, 0.4) is 0 Å². The van der Waals surface area contributed by atoms with Crippen LogP contribution in [-0.4, -0.2) is 13.1 Å². The molecule has 0 aromatic heterocycles. The molecule has 2 nitrogen and oxygen atoms in total. The molecule has 78 valence electrons. The maximum absolute atomic E-state index is 11.8. The summed E-state index contributed by atoms with van der Waals surface area (Å²) < 4.78 is 4.93. The minimum absolute atomic E-state index is 0.0148. The van der Waals surface area contributed by atoms with Crippen molar-refractivity contribution in [3.05, 3.63) is 12.2 Å². The molecule has 2 atom stereocenters. The van der Waals surface area contributed by atoms with Crippen LogP contribution >= 0.6 is 0 Å². The van der Waals surface area contributed by atoms with Gasteiger partial charge in [0.2, 0.25) is 0 Å². The molecule has 0 aliphatic heterocycles. The highest BCUT2D eigenvalue weighted by atomic mass is 16.5. The number of ether oxygens (including phenoxy) is 1. The van der Waals surface area contributed by atoms with Crippen LogP contribution in [0.4, 0.5) is 0 Å². The Morgan fingerprint density at radius 1 is 1.50 bits per heavy atom. The van der Waals surface area contributed by atoms with Gasteiger partial charge in [-0.25, -0.2) is 0 Å². The van der Waals surface area contributed by atoms with E-state index in [2.05, 4.69) is 6.58 Å². The topological polar surface area (TPSA) is 26.3 Å². The number of carbonyl (C=O) groups is 1. The van der Waals surface area contributed by atoms with Gasteiger partial charge in [-0.05, 0) is 38.0 Å². The van der Waals surface area contributed by atoms with Crippen molar-refractivity contribution in [3.8, 4) is 0 Å². The van der Waals surface area contributed by atoms with Gasteiger partial charge >= 0.3 is 5.97 Å². The second-order valence-electron chi connectivity index (χ2n) is 4.73. The van der Waals surface area contributed by atoms with Crippen molar-refractivity contribution in [2.45, 2.75) is 38.5 Å². The van der Waals surface area contributed by atoms with Crippen LogP contribution < -0.4 is 0 Å². The maximum atomic E-state index is 11.8. The standard InChI is InChI=1S/C12H18O2/c1-9-8-12(11(13)14-2)6-3-4-10(9)5-7-12/h10H,1,3-8H2,2H3. The summed E-state index contributed by atoms with van der Waals surface area (Å²) in [6.45, 7) is 4.11. The number of allylic oxidation sites excluding steroid dienone is 1. The first-order valence-electron chi connectivity index (χ1n) is 5.44. The van der Waals surface area contributed by atoms with Crippen molar-refractivity contribution in [3.63, 3.8) is 0 Å². The van der Waals surface area contributed by atoms with Gasteiger partial charge < -0.3 is 4.74 Å². The Kier molecular flexibility index (Phi) is 2.38. The molecule has 3 aliphatic rings. The minimum Gasteiger partial charge on any atom is -0.469 e. The number of carbonyl (C=O) groups excluding carboxylic acids is 1. The third-order valence-electron chi connectivity index (χ3n) is 3.94. The summed E-state index contributed by atoms with van der Waals surface area (Å²) in [7, 11) is 1.50. The summed E-state index contributed by atoms with van der Waals surface area (Å²) in [5.41, 5.74) is 1.07. The van der Waals surface area contributed by atoms with Crippen LogP contribution in [0.5, 0.6) is 0 Å². The van der Waals surface area contributed by atoms with Crippen LogP contribution in [0, 0.1) is 11.3 Å². The lowest BCUT2D eigenvalue weighted by molar-refractivity contribution is -0.154. The first-order chi connectivity index (χ1) is 6.68. The van der Waals surface area contributed by atoms with E-state index in [1.807, 2.05) is 0 Å². The predicted molar refractivity (Wildman–Crippen MR) is 54.8 cm³/mol. The fraction of sp³-hybridized carbons (Fsp3) is 0.750. The average Bonchev–Trinajstić information content (AvgIpc) is 2.48. The minimum atomic E-state index is -0.209. The number of rotatable bonds is 1. The summed E-state index contributed by atoms with van der Waals surface area (Å²) >= 11 is 0. The summed E-state index contributed by atoms with van der Waals surface area (Å²) in [5.74, 6) is 0.661. The summed E-state index contributed by atoms with van der Waals surface area (Å²) in [5, 5.41) is 0. The number of hydrogen-bond donors (Lipinski definition) is 0. The SMILES string of the molecule is C=C1CC2(C(=O)OC)CCCC1CC2. The van der Waals surface area contributed by atoms with Crippen molar-refractivity contribution in [1.82, 2.24) is 0 Å². The quantitative estimate of drug-likeness (QED) is 0.474. The number of fused-ring (bicyclic) bond motifs is 4. The Labute approximate surface area is 85.3 Å². The molecule has 2 unspecified atom stereocenters. The molecule has 3 fully saturated rings. The van der Waals surface area contributed by atoms with Crippen LogP contribution in [0.2, 0.25) is 0 Å². The summed E-state index contributed by atoms with van der Waals surface area (Å²) in [6, 6.07) is 0. The molecular formula is C12H18O2. The molecule has 0 heterocycles. The molecule has 2 heteroatoms. The molecule has 14 heavy (non-hydrogen) atoms. The number of esters is 1. The molecule has 0 amide bonds. The first kappa shape index (κ1) is 9.75. The Hall–Kier alpha value is -0.790. The van der Waals surface area contributed by atoms with Crippen molar-refractivity contribution in [2.75, 3.05) is 7.11 Å². The van der Waals surface area contributed by atoms with Gasteiger partial charge in [0, 0.05) is 0 Å². The van der Waals surface area contributed by atoms with Crippen LogP contribution in [0.25, 0.3) is 0 Å². The fourth-order valence-corrected chi connectivity index (χ4v) is 3.06. The summed E-state index contributed by atoms with van der Waals surface area (Å²) in [6.07, 6.45) is 6.37. The first-order valence-corrected chi connectivity index (χ1v) is 5.44. The molecule has 2 bridgehead atoms. The predicted octanol–water partition coefficient (Wildman–Crippen LogP) is 2.69. The molecule has 3 saturated carbocycles. The lowest BCUT2D eigenvalue weighted by Crippen LogP contribution is -2.35. The van der Waals surface area contributed by atoms with E-state index >= 15 is 0 Å². The van der Waals surface area contributed by atoms with Crippen molar-refractivity contribution < 1.29 is 9.53 Å². The van der Waals surface area contributed by atoms with Gasteiger partial charge in [0.25, 0.3) is 0 Å². The van der Waals surface area contributed by atoms with Crippen molar-refractivity contribution in [1.29, 1.82) is 0 Å². The van der Waals surface area contributed by atoms with E-state index in [0.29, 0.717) is 5.92 Å². The Morgan fingerprint density at radius 3 is 2.93 bits per heavy atom. The lowest BCUT2D eigenvalue weighted by atomic mass is 9.69. The van der Waals surface area contributed by atoms with E-state index in [1.165, 1.54) is 19.1 Å². The van der Waals surface area contributed by atoms with E-state index in [9.17, 15) is 4.79 Å². The van der Waals surface area contributed by atoms with Gasteiger partial charge in [-0.3, -0.25) is 4.79 Å². The largest absolute Gasteiger partial charge is 0.469 e. The van der Waals surface area contributed by atoms with E-state index in [-0.39, 0.29) is 11.4 Å². The van der Waals surface area contributed by atoms with Crippen molar-refractivity contribution in [2.24, 2.45) is 11.3 Å². The monoisotopic (exact) mass is 194 g/mol. The van der Waals surface area contributed by atoms with E-state index in [1.54, 1.807) is 0 Å². The number of methoxy groups -OCH3 is 1. The normalized spacial score (nSPS) is 36.6. The van der Waals surface area contributed by atoms with Crippen molar-refractivity contribution >= 4 is 5.97 Å². The zero-order valence-corrected chi connectivity index (χ0v) is 8.84. The molecular weight excluding hydrogens is 176 g/mol. The highest BCUT2D eigenvalue weighted by molar-refractivity contribution is 5.77. The Balaban J connectivity index is 2.25. The molecule has 0 spiro atoms. The van der Waals surface area contributed by atoms with Gasteiger partial charge in [0.1, 0.15) is 0 Å². The van der Waals surface area contributed by atoms with E-state index in [0.717, 1.165) is 32.1 Å². The Bertz CT molecular complexity index is 265. The van der Waals surface area contributed by atoms with Gasteiger partial charge in [-0.1, -0.05) is 18.6 Å². The molecule has 0 saturated heterocycles. The van der Waals surface area contributed by atoms with Gasteiger partial charge in [0.15, 0.2) is 0 Å². The third-order valence-corrected chi connectivity index (χ3v) is 3.94.